The average Bonchev–Trinajstić information content (AvgIpc) is 3.36. The number of benzene rings is 1. The highest BCUT2D eigenvalue weighted by atomic mass is 32.1. The highest BCUT2D eigenvalue weighted by Gasteiger charge is 2.27. The zero-order valence-electron chi connectivity index (χ0n) is 20.0. The molecule has 0 saturated heterocycles. The molecule has 4 rings (SSSR count). The van der Waals surface area contributed by atoms with E-state index in [2.05, 4.69) is 38.1 Å². The van der Waals surface area contributed by atoms with E-state index in [1.807, 2.05) is 55.1 Å². The van der Waals surface area contributed by atoms with E-state index in [0.29, 0.717) is 37.0 Å². The van der Waals surface area contributed by atoms with E-state index >= 15 is 0 Å². The van der Waals surface area contributed by atoms with E-state index in [9.17, 15) is 4.79 Å². The highest BCUT2D eigenvalue weighted by molar-refractivity contribution is 7.10. The van der Waals surface area contributed by atoms with Crippen LogP contribution in [0.25, 0.3) is 0 Å². The lowest BCUT2D eigenvalue weighted by Gasteiger charge is -2.22. The largest absolute Gasteiger partial charge is 0.485 e. The van der Waals surface area contributed by atoms with E-state index in [-0.39, 0.29) is 12.0 Å². The van der Waals surface area contributed by atoms with Gasteiger partial charge in [0, 0.05) is 50.7 Å². The standard InChI is InChI=1S/C25H32N6O2S/c1-4-27-25-28-16-20-23(29-25)30(3)13-14-31(24(20)32)17-18-7-9-19(10-8-18)33-21(11-12-26-2)22-6-5-15-34-22/h5-10,15-16,21,26H,4,11-14,17H2,1-3H3,(H,27,28,29). The summed E-state index contributed by atoms with van der Waals surface area (Å²) in [5.41, 5.74) is 1.59. The van der Waals surface area contributed by atoms with Gasteiger partial charge < -0.3 is 25.2 Å². The summed E-state index contributed by atoms with van der Waals surface area (Å²) in [6.07, 6.45) is 2.54. The van der Waals surface area contributed by atoms with Crippen LogP contribution in [0.5, 0.6) is 5.75 Å². The van der Waals surface area contributed by atoms with E-state index < -0.39 is 0 Å². The maximum absolute atomic E-state index is 13.3. The van der Waals surface area contributed by atoms with Gasteiger partial charge in [0.2, 0.25) is 5.95 Å². The van der Waals surface area contributed by atoms with Gasteiger partial charge in [0.1, 0.15) is 23.2 Å². The molecule has 34 heavy (non-hydrogen) atoms. The predicted molar refractivity (Wildman–Crippen MR) is 137 cm³/mol. The van der Waals surface area contributed by atoms with Gasteiger partial charge in [-0.15, -0.1) is 11.3 Å². The molecule has 0 spiro atoms. The maximum Gasteiger partial charge on any atom is 0.259 e. The van der Waals surface area contributed by atoms with Crippen molar-refractivity contribution in [1.29, 1.82) is 0 Å². The number of ether oxygens (including phenoxy) is 1. The number of carbonyl (C=O) groups excluding carboxylic acids is 1. The minimum atomic E-state index is -0.0486. The SMILES string of the molecule is CCNc1ncc2c(n1)N(C)CCN(Cc1ccc(OC(CCNC)c3cccs3)cc1)C2=O. The van der Waals surface area contributed by atoms with Gasteiger partial charge in [-0.3, -0.25) is 4.79 Å². The summed E-state index contributed by atoms with van der Waals surface area (Å²) in [5.74, 6) is 1.99. The molecule has 3 heterocycles. The second kappa shape index (κ2) is 11.3. The van der Waals surface area contributed by atoms with Crippen molar-refractivity contribution in [3.8, 4) is 5.75 Å². The van der Waals surface area contributed by atoms with Crippen LogP contribution in [-0.2, 0) is 6.54 Å². The summed E-state index contributed by atoms with van der Waals surface area (Å²) in [4.78, 5) is 27.2. The third-order valence-corrected chi connectivity index (χ3v) is 6.74. The summed E-state index contributed by atoms with van der Waals surface area (Å²) in [6.45, 7) is 5.45. The number of fused-ring (bicyclic) bond motifs is 1. The first-order valence-corrected chi connectivity index (χ1v) is 12.5. The van der Waals surface area contributed by atoms with Crippen LogP contribution in [0.1, 0.15) is 40.2 Å². The van der Waals surface area contributed by atoms with Crippen molar-refractivity contribution in [1.82, 2.24) is 20.2 Å². The summed E-state index contributed by atoms with van der Waals surface area (Å²) in [5, 5.41) is 8.39. The highest BCUT2D eigenvalue weighted by Crippen LogP contribution is 2.29. The molecule has 0 aliphatic carbocycles. The molecule has 9 heteroatoms. The first-order chi connectivity index (χ1) is 16.6. The van der Waals surface area contributed by atoms with Crippen molar-refractivity contribution >= 4 is 29.0 Å². The summed E-state index contributed by atoms with van der Waals surface area (Å²) in [6, 6.07) is 12.2. The lowest BCUT2D eigenvalue weighted by Crippen LogP contribution is -2.33. The van der Waals surface area contributed by atoms with Crippen LogP contribution in [0.3, 0.4) is 0 Å². The molecular weight excluding hydrogens is 448 g/mol. The van der Waals surface area contributed by atoms with Gasteiger partial charge in [-0.25, -0.2) is 4.98 Å². The number of hydrogen-bond donors (Lipinski definition) is 2. The van der Waals surface area contributed by atoms with Crippen LogP contribution in [0.4, 0.5) is 11.8 Å². The van der Waals surface area contributed by atoms with E-state index in [1.54, 1.807) is 17.5 Å². The molecule has 180 valence electrons. The third kappa shape index (κ3) is 5.66. The Morgan fingerprint density at radius 1 is 1.21 bits per heavy atom. The van der Waals surface area contributed by atoms with Crippen molar-refractivity contribution < 1.29 is 9.53 Å². The number of hydrogen-bond acceptors (Lipinski definition) is 8. The molecule has 0 radical (unpaired) electrons. The third-order valence-electron chi connectivity index (χ3n) is 5.78. The zero-order valence-corrected chi connectivity index (χ0v) is 20.8. The molecule has 1 aliphatic heterocycles. The molecule has 0 fully saturated rings. The van der Waals surface area contributed by atoms with Crippen LogP contribution >= 0.6 is 11.3 Å². The van der Waals surface area contributed by atoms with Crippen molar-refractivity contribution in [2.24, 2.45) is 0 Å². The molecule has 2 N–H and O–H groups in total. The fourth-order valence-corrected chi connectivity index (χ4v) is 4.71. The predicted octanol–water partition coefficient (Wildman–Crippen LogP) is 3.79. The molecule has 2 aromatic heterocycles. The van der Waals surface area contributed by atoms with Crippen LogP contribution in [0.15, 0.2) is 48.0 Å². The number of rotatable bonds is 10. The molecule has 1 atom stereocenters. The first-order valence-electron chi connectivity index (χ1n) is 11.6. The Hall–Kier alpha value is -3.17. The molecule has 1 aliphatic rings. The molecule has 8 nitrogen and oxygen atoms in total. The van der Waals surface area contributed by atoms with E-state index in [0.717, 1.165) is 30.8 Å². The van der Waals surface area contributed by atoms with E-state index in [4.69, 9.17) is 4.74 Å². The number of aromatic nitrogens is 2. The van der Waals surface area contributed by atoms with Crippen molar-refractivity contribution in [2.75, 3.05) is 50.5 Å². The number of anilines is 2. The van der Waals surface area contributed by atoms with Crippen molar-refractivity contribution in [2.45, 2.75) is 26.0 Å². The zero-order chi connectivity index (χ0) is 23.9. The molecule has 1 aromatic carbocycles. The average molecular weight is 481 g/mol. The van der Waals surface area contributed by atoms with Gasteiger partial charge in [-0.2, -0.15) is 4.98 Å². The quantitative estimate of drug-likeness (QED) is 0.457. The van der Waals surface area contributed by atoms with Gasteiger partial charge >= 0.3 is 0 Å². The van der Waals surface area contributed by atoms with E-state index in [1.165, 1.54) is 4.88 Å². The molecule has 1 unspecified atom stereocenters. The Labute approximate surface area is 205 Å². The van der Waals surface area contributed by atoms with Gasteiger partial charge in [-0.05, 0) is 49.7 Å². The van der Waals surface area contributed by atoms with Gasteiger partial charge in [0.25, 0.3) is 5.91 Å². The monoisotopic (exact) mass is 480 g/mol. The normalized spacial score (nSPS) is 14.5. The number of thiophene rings is 1. The number of nitrogens with zero attached hydrogens (tertiary/aromatic N) is 4. The molecule has 0 bridgehead atoms. The molecule has 1 amide bonds. The Balaban J connectivity index is 1.45. The lowest BCUT2D eigenvalue weighted by atomic mass is 10.1. The fraction of sp³-hybridized carbons (Fsp3) is 0.400. The smallest absolute Gasteiger partial charge is 0.259 e. The Bertz CT molecular complexity index is 1070. The van der Waals surface area contributed by atoms with Gasteiger partial charge in [0.15, 0.2) is 0 Å². The number of amides is 1. The van der Waals surface area contributed by atoms with Crippen LogP contribution in [0.2, 0.25) is 0 Å². The fourth-order valence-electron chi connectivity index (χ4n) is 3.92. The Morgan fingerprint density at radius 3 is 2.74 bits per heavy atom. The van der Waals surface area contributed by atoms with Gasteiger partial charge in [0.05, 0.1) is 0 Å². The van der Waals surface area contributed by atoms with Crippen molar-refractivity contribution in [3.63, 3.8) is 0 Å². The molecular formula is C25H32N6O2S. The summed E-state index contributed by atoms with van der Waals surface area (Å²) >= 11 is 1.71. The number of carbonyl (C=O) groups is 1. The van der Waals surface area contributed by atoms with Crippen LogP contribution < -0.4 is 20.3 Å². The lowest BCUT2D eigenvalue weighted by molar-refractivity contribution is 0.0754. The van der Waals surface area contributed by atoms with Gasteiger partial charge in [-0.1, -0.05) is 18.2 Å². The first kappa shape index (κ1) is 24.0. The topological polar surface area (TPSA) is 82.6 Å². The molecule has 0 saturated carbocycles. The second-order valence-electron chi connectivity index (χ2n) is 8.27. The Morgan fingerprint density at radius 2 is 2.03 bits per heavy atom. The summed E-state index contributed by atoms with van der Waals surface area (Å²) < 4.78 is 6.30. The Kier molecular flexibility index (Phi) is 7.97. The van der Waals surface area contributed by atoms with Crippen LogP contribution in [-0.4, -0.2) is 61.0 Å². The minimum Gasteiger partial charge on any atom is -0.485 e. The maximum atomic E-state index is 13.3. The van der Waals surface area contributed by atoms with Crippen molar-refractivity contribution in [3.05, 3.63) is 64.0 Å². The molecule has 3 aromatic rings. The number of nitrogens with one attached hydrogen (secondary N) is 2. The number of likely N-dealkylation sites (N-methyl/N-ethyl adjacent to an activating group) is 1. The second-order valence-corrected chi connectivity index (χ2v) is 9.25. The van der Waals surface area contributed by atoms with Crippen LogP contribution in [0, 0.1) is 0 Å². The summed E-state index contributed by atoms with van der Waals surface area (Å²) in [7, 11) is 3.91. The minimum absolute atomic E-state index is 0.0182.